The maximum atomic E-state index is 8.60. The molecule has 0 radical (unpaired) electrons. The number of hydrogen-bond donors (Lipinski definition) is 2. The average molecular weight is 155 g/mol. The van der Waals surface area contributed by atoms with Crippen molar-refractivity contribution in [1.82, 2.24) is 0 Å². The summed E-state index contributed by atoms with van der Waals surface area (Å²) >= 11 is 0. The Morgan fingerprint density at radius 3 is 2.91 bits per heavy atom. The molecule has 1 aromatic heterocycles. The van der Waals surface area contributed by atoms with Crippen molar-refractivity contribution in [2.45, 2.75) is 19.4 Å². The van der Waals surface area contributed by atoms with Gasteiger partial charge < -0.3 is 15.3 Å². The van der Waals surface area contributed by atoms with E-state index in [4.69, 9.17) is 15.3 Å². The van der Waals surface area contributed by atoms with Gasteiger partial charge in [0.2, 0.25) is 0 Å². The quantitative estimate of drug-likeness (QED) is 0.683. The first-order valence-corrected chi connectivity index (χ1v) is 3.66. The van der Waals surface area contributed by atoms with Crippen molar-refractivity contribution in [3.05, 3.63) is 23.7 Å². The zero-order valence-electron chi connectivity index (χ0n) is 6.58. The number of furan rings is 1. The SMILES string of the molecule is Cc1ccoc1[C@H](N)CCO. The molecule has 3 heteroatoms. The molecular weight excluding hydrogens is 142 g/mol. The van der Waals surface area contributed by atoms with Gasteiger partial charge in [0.25, 0.3) is 0 Å². The molecule has 0 fully saturated rings. The molecule has 62 valence electrons. The molecule has 11 heavy (non-hydrogen) atoms. The monoisotopic (exact) mass is 155 g/mol. The molecule has 0 bridgehead atoms. The fourth-order valence-electron chi connectivity index (χ4n) is 1.03. The van der Waals surface area contributed by atoms with Gasteiger partial charge in [-0.3, -0.25) is 0 Å². The van der Waals surface area contributed by atoms with Crippen LogP contribution in [0.25, 0.3) is 0 Å². The number of aliphatic hydroxyl groups excluding tert-OH is 1. The van der Waals surface area contributed by atoms with E-state index in [1.165, 1.54) is 0 Å². The van der Waals surface area contributed by atoms with Crippen molar-refractivity contribution in [3.63, 3.8) is 0 Å². The van der Waals surface area contributed by atoms with E-state index in [0.29, 0.717) is 6.42 Å². The molecule has 0 saturated heterocycles. The summed E-state index contributed by atoms with van der Waals surface area (Å²) in [5.41, 5.74) is 6.74. The van der Waals surface area contributed by atoms with E-state index in [2.05, 4.69) is 0 Å². The van der Waals surface area contributed by atoms with Gasteiger partial charge in [-0.25, -0.2) is 0 Å². The van der Waals surface area contributed by atoms with Crippen molar-refractivity contribution in [2.75, 3.05) is 6.61 Å². The van der Waals surface area contributed by atoms with Crippen molar-refractivity contribution >= 4 is 0 Å². The summed E-state index contributed by atoms with van der Waals surface area (Å²) in [7, 11) is 0. The van der Waals surface area contributed by atoms with Crippen LogP contribution in [0.2, 0.25) is 0 Å². The van der Waals surface area contributed by atoms with E-state index in [-0.39, 0.29) is 12.6 Å². The fraction of sp³-hybridized carbons (Fsp3) is 0.500. The van der Waals surface area contributed by atoms with Gasteiger partial charge in [0.15, 0.2) is 0 Å². The van der Waals surface area contributed by atoms with E-state index in [1.54, 1.807) is 6.26 Å². The summed E-state index contributed by atoms with van der Waals surface area (Å²) < 4.78 is 5.14. The summed E-state index contributed by atoms with van der Waals surface area (Å²) in [5, 5.41) is 8.60. The first-order valence-electron chi connectivity index (χ1n) is 3.66. The lowest BCUT2D eigenvalue weighted by Gasteiger charge is -2.06. The van der Waals surface area contributed by atoms with Gasteiger partial charge >= 0.3 is 0 Å². The maximum Gasteiger partial charge on any atom is 0.123 e. The molecule has 0 unspecified atom stereocenters. The highest BCUT2D eigenvalue weighted by molar-refractivity contribution is 5.17. The summed E-state index contributed by atoms with van der Waals surface area (Å²) in [6.07, 6.45) is 2.16. The van der Waals surface area contributed by atoms with Gasteiger partial charge in [-0.2, -0.15) is 0 Å². The fourth-order valence-corrected chi connectivity index (χ4v) is 1.03. The lowest BCUT2D eigenvalue weighted by Crippen LogP contribution is -2.11. The summed E-state index contributed by atoms with van der Waals surface area (Å²) in [6.45, 7) is 2.04. The molecule has 0 spiro atoms. The highest BCUT2D eigenvalue weighted by Crippen LogP contribution is 2.18. The van der Waals surface area contributed by atoms with Gasteiger partial charge in [0, 0.05) is 6.61 Å². The zero-order valence-corrected chi connectivity index (χ0v) is 6.58. The van der Waals surface area contributed by atoms with Crippen LogP contribution in [0.1, 0.15) is 23.8 Å². The standard InChI is InChI=1S/C8H13NO2/c1-6-3-5-11-8(6)7(9)2-4-10/h3,5,7,10H,2,4,9H2,1H3/t7-/m1/s1. The van der Waals surface area contributed by atoms with Gasteiger partial charge in [0.1, 0.15) is 5.76 Å². The molecule has 0 aromatic carbocycles. The largest absolute Gasteiger partial charge is 0.467 e. The minimum Gasteiger partial charge on any atom is -0.467 e. The van der Waals surface area contributed by atoms with E-state index in [1.807, 2.05) is 13.0 Å². The Labute approximate surface area is 65.8 Å². The number of aryl methyl sites for hydroxylation is 1. The number of nitrogens with two attached hydrogens (primary N) is 1. The van der Waals surface area contributed by atoms with E-state index < -0.39 is 0 Å². The average Bonchev–Trinajstić information content (AvgIpc) is 2.36. The number of rotatable bonds is 3. The molecule has 3 nitrogen and oxygen atoms in total. The predicted molar refractivity (Wildman–Crippen MR) is 42.1 cm³/mol. The highest BCUT2D eigenvalue weighted by atomic mass is 16.3. The van der Waals surface area contributed by atoms with E-state index >= 15 is 0 Å². The van der Waals surface area contributed by atoms with Crippen LogP contribution < -0.4 is 5.73 Å². The number of aliphatic hydroxyl groups is 1. The number of hydrogen-bond acceptors (Lipinski definition) is 3. The molecule has 0 aliphatic heterocycles. The Hall–Kier alpha value is -0.800. The normalized spacial score (nSPS) is 13.4. The van der Waals surface area contributed by atoms with Crippen LogP contribution >= 0.6 is 0 Å². The summed E-state index contributed by atoms with van der Waals surface area (Å²) in [5.74, 6) is 0.777. The molecule has 0 aliphatic carbocycles. The molecule has 3 N–H and O–H groups in total. The van der Waals surface area contributed by atoms with Crippen LogP contribution in [0.5, 0.6) is 0 Å². The van der Waals surface area contributed by atoms with E-state index in [9.17, 15) is 0 Å². The van der Waals surface area contributed by atoms with Gasteiger partial charge in [0.05, 0.1) is 12.3 Å². The Morgan fingerprint density at radius 2 is 2.45 bits per heavy atom. The van der Waals surface area contributed by atoms with Crippen LogP contribution in [0.3, 0.4) is 0 Å². The lowest BCUT2D eigenvalue weighted by molar-refractivity contribution is 0.268. The zero-order chi connectivity index (χ0) is 8.27. The second-order valence-corrected chi connectivity index (χ2v) is 2.59. The minimum atomic E-state index is -0.171. The van der Waals surface area contributed by atoms with Gasteiger partial charge in [-0.1, -0.05) is 0 Å². The molecule has 0 amide bonds. The third-order valence-electron chi connectivity index (χ3n) is 1.68. The van der Waals surface area contributed by atoms with Crippen molar-refractivity contribution in [3.8, 4) is 0 Å². The molecular formula is C8H13NO2. The van der Waals surface area contributed by atoms with Crippen molar-refractivity contribution in [2.24, 2.45) is 5.73 Å². The van der Waals surface area contributed by atoms with E-state index in [0.717, 1.165) is 11.3 Å². The summed E-state index contributed by atoms with van der Waals surface area (Å²) in [6, 6.07) is 1.70. The van der Waals surface area contributed by atoms with Crippen LogP contribution in [0, 0.1) is 6.92 Å². The predicted octanol–water partition coefficient (Wildman–Crippen LogP) is 0.970. The molecule has 1 aromatic rings. The summed E-state index contributed by atoms with van der Waals surface area (Å²) in [4.78, 5) is 0. The third kappa shape index (κ3) is 1.82. The Morgan fingerprint density at radius 1 is 1.73 bits per heavy atom. The molecule has 1 atom stereocenters. The smallest absolute Gasteiger partial charge is 0.123 e. The van der Waals surface area contributed by atoms with Gasteiger partial charge in [-0.15, -0.1) is 0 Å². The van der Waals surface area contributed by atoms with Crippen LogP contribution in [0.15, 0.2) is 16.7 Å². The first-order chi connectivity index (χ1) is 5.25. The van der Waals surface area contributed by atoms with Crippen molar-refractivity contribution < 1.29 is 9.52 Å². The molecule has 1 rings (SSSR count). The third-order valence-corrected chi connectivity index (χ3v) is 1.68. The lowest BCUT2D eigenvalue weighted by atomic mass is 10.1. The topological polar surface area (TPSA) is 59.4 Å². The second kappa shape index (κ2) is 3.55. The first kappa shape index (κ1) is 8.30. The molecule has 1 heterocycles. The Bertz CT molecular complexity index is 220. The Kier molecular flexibility index (Phi) is 2.68. The highest BCUT2D eigenvalue weighted by Gasteiger charge is 2.10. The van der Waals surface area contributed by atoms with Gasteiger partial charge in [-0.05, 0) is 25.0 Å². The van der Waals surface area contributed by atoms with Crippen LogP contribution in [0.4, 0.5) is 0 Å². The molecule has 0 aliphatic rings. The Balaban J connectivity index is 2.67. The van der Waals surface area contributed by atoms with Crippen LogP contribution in [-0.4, -0.2) is 11.7 Å². The molecule has 0 saturated carbocycles. The van der Waals surface area contributed by atoms with Crippen molar-refractivity contribution in [1.29, 1.82) is 0 Å². The minimum absolute atomic E-state index is 0.0985. The van der Waals surface area contributed by atoms with Crippen LogP contribution in [-0.2, 0) is 0 Å². The maximum absolute atomic E-state index is 8.60. The second-order valence-electron chi connectivity index (χ2n) is 2.59.